The standard InChI is InChI=1S/C15H23NO2/c1-10(2)14-9-16-11(3)15(18-14)12-5-7-13(17-4)8-6-12/h5-8,10-11,14-16H,9H2,1-4H3. The molecule has 3 atom stereocenters. The van der Waals surface area contributed by atoms with E-state index in [4.69, 9.17) is 9.47 Å². The fourth-order valence-electron chi connectivity index (χ4n) is 2.32. The van der Waals surface area contributed by atoms with Gasteiger partial charge in [-0.25, -0.2) is 0 Å². The van der Waals surface area contributed by atoms with Crippen LogP contribution < -0.4 is 10.1 Å². The first-order chi connectivity index (χ1) is 8.61. The molecule has 0 radical (unpaired) electrons. The highest BCUT2D eigenvalue weighted by atomic mass is 16.5. The first kappa shape index (κ1) is 13.4. The maximum Gasteiger partial charge on any atom is 0.118 e. The average Bonchev–Trinajstić information content (AvgIpc) is 2.39. The number of nitrogens with one attached hydrogen (secondary N) is 1. The molecule has 1 aromatic rings. The number of benzene rings is 1. The van der Waals surface area contributed by atoms with Crippen LogP contribution in [0.4, 0.5) is 0 Å². The topological polar surface area (TPSA) is 30.5 Å². The zero-order valence-corrected chi connectivity index (χ0v) is 11.6. The molecule has 100 valence electrons. The summed E-state index contributed by atoms with van der Waals surface area (Å²) in [5.74, 6) is 1.42. The van der Waals surface area contributed by atoms with Gasteiger partial charge in [-0.15, -0.1) is 0 Å². The molecular weight excluding hydrogens is 226 g/mol. The van der Waals surface area contributed by atoms with Crippen molar-refractivity contribution in [3.05, 3.63) is 29.8 Å². The van der Waals surface area contributed by atoms with Crippen molar-refractivity contribution in [2.24, 2.45) is 5.92 Å². The van der Waals surface area contributed by atoms with Gasteiger partial charge in [0.15, 0.2) is 0 Å². The molecular formula is C15H23NO2. The van der Waals surface area contributed by atoms with Gasteiger partial charge in [-0.3, -0.25) is 0 Å². The largest absolute Gasteiger partial charge is 0.497 e. The Morgan fingerprint density at radius 3 is 2.50 bits per heavy atom. The van der Waals surface area contributed by atoms with E-state index in [-0.39, 0.29) is 12.2 Å². The van der Waals surface area contributed by atoms with E-state index in [1.807, 2.05) is 12.1 Å². The molecule has 3 heteroatoms. The predicted octanol–water partition coefficient (Wildman–Crippen LogP) is 2.77. The summed E-state index contributed by atoms with van der Waals surface area (Å²) < 4.78 is 11.4. The van der Waals surface area contributed by atoms with Crippen LogP contribution in [0.2, 0.25) is 0 Å². The summed E-state index contributed by atoms with van der Waals surface area (Å²) in [6.45, 7) is 7.51. The number of hydrogen-bond acceptors (Lipinski definition) is 3. The molecule has 0 aromatic heterocycles. The molecule has 1 fully saturated rings. The SMILES string of the molecule is COc1ccc(C2OC(C(C)C)CNC2C)cc1. The molecule has 0 aliphatic carbocycles. The van der Waals surface area contributed by atoms with Crippen molar-refractivity contribution in [1.29, 1.82) is 0 Å². The van der Waals surface area contributed by atoms with E-state index in [1.165, 1.54) is 5.56 Å². The van der Waals surface area contributed by atoms with E-state index in [9.17, 15) is 0 Å². The number of morpholine rings is 1. The van der Waals surface area contributed by atoms with Crippen molar-refractivity contribution in [1.82, 2.24) is 5.32 Å². The van der Waals surface area contributed by atoms with Gasteiger partial charge in [0.05, 0.1) is 19.3 Å². The molecule has 3 unspecified atom stereocenters. The van der Waals surface area contributed by atoms with Crippen LogP contribution in [0.3, 0.4) is 0 Å². The van der Waals surface area contributed by atoms with E-state index in [0.29, 0.717) is 12.0 Å². The van der Waals surface area contributed by atoms with Crippen molar-refractivity contribution >= 4 is 0 Å². The maximum atomic E-state index is 6.22. The van der Waals surface area contributed by atoms with Crippen molar-refractivity contribution in [2.75, 3.05) is 13.7 Å². The van der Waals surface area contributed by atoms with Crippen LogP contribution >= 0.6 is 0 Å². The molecule has 18 heavy (non-hydrogen) atoms. The summed E-state index contributed by atoms with van der Waals surface area (Å²) in [6.07, 6.45) is 0.408. The number of ether oxygens (including phenoxy) is 2. The van der Waals surface area contributed by atoms with Crippen LogP contribution in [-0.2, 0) is 4.74 Å². The molecule has 1 aromatic carbocycles. The molecule has 0 bridgehead atoms. The van der Waals surface area contributed by atoms with Crippen molar-refractivity contribution in [2.45, 2.75) is 39.0 Å². The Kier molecular flexibility index (Phi) is 4.25. The Morgan fingerprint density at radius 2 is 1.94 bits per heavy atom. The lowest BCUT2D eigenvalue weighted by Gasteiger charge is -2.38. The molecule has 0 saturated carbocycles. The van der Waals surface area contributed by atoms with E-state index in [2.05, 4.69) is 38.2 Å². The molecule has 2 rings (SSSR count). The zero-order chi connectivity index (χ0) is 13.1. The first-order valence-electron chi connectivity index (χ1n) is 6.64. The van der Waals surface area contributed by atoms with Gasteiger partial charge in [-0.1, -0.05) is 26.0 Å². The van der Waals surface area contributed by atoms with Gasteiger partial charge < -0.3 is 14.8 Å². The monoisotopic (exact) mass is 249 g/mol. The molecule has 0 amide bonds. The highest BCUT2D eigenvalue weighted by molar-refractivity contribution is 5.29. The van der Waals surface area contributed by atoms with E-state index < -0.39 is 0 Å². The number of hydrogen-bond donors (Lipinski definition) is 1. The van der Waals surface area contributed by atoms with E-state index >= 15 is 0 Å². The molecule has 1 aliphatic heterocycles. The molecule has 1 heterocycles. The summed E-state index contributed by atoms with van der Waals surface area (Å²) in [7, 11) is 1.69. The summed E-state index contributed by atoms with van der Waals surface area (Å²) >= 11 is 0. The summed E-state index contributed by atoms with van der Waals surface area (Å²) in [5, 5.41) is 3.53. The van der Waals surface area contributed by atoms with Crippen molar-refractivity contribution < 1.29 is 9.47 Å². The fraction of sp³-hybridized carbons (Fsp3) is 0.600. The maximum absolute atomic E-state index is 6.22. The Labute approximate surface area is 109 Å². The minimum Gasteiger partial charge on any atom is -0.497 e. The average molecular weight is 249 g/mol. The van der Waals surface area contributed by atoms with Gasteiger partial charge >= 0.3 is 0 Å². The normalized spacial score (nSPS) is 28.4. The quantitative estimate of drug-likeness (QED) is 0.893. The van der Waals surface area contributed by atoms with Gasteiger partial charge in [0, 0.05) is 12.6 Å². The summed E-state index contributed by atoms with van der Waals surface area (Å²) in [5.41, 5.74) is 1.21. The minimum absolute atomic E-state index is 0.122. The third-order valence-corrected chi connectivity index (χ3v) is 3.60. The van der Waals surface area contributed by atoms with Gasteiger partial charge in [-0.05, 0) is 30.5 Å². The Bertz CT molecular complexity index is 375. The number of methoxy groups -OCH3 is 1. The lowest BCUT2D eigenvalue weighted by Crippen LogP contribution is -2.48. The lowest BCUT2D eigenvalue weighted by atomic mass is 9.98. The summed E-state index contributed by atoms with van der Waals surface area (Å²) in [4.78, 5) is 0. The van der Waals surface area contributed by atoms with Crippen LogP contribution in [0, 0.1) is 5.92 Å². The van der Waals surface area contributed by atoms with Crippen molar-refractivity contribution in [3.8, 4) is 5.75 Å². The van der Waals surface area contributed by atoms with Crippen molar-refractivity contribution in [3.63, 3.8) is 0 Å². The smallest absolute Gasteiger partial charge is 0.118 e. The predicted molar refractivity (Wildman–Crippen MR) is 72.9 cm³/mol. The molecule has 1 N–H and O–H groups in total. The Hall–Kier alpha value is -1.06. The molecule has 0 spiro atoms. The second kappa shape index (κ2) is 5.72. The Morgan fingerprint density at radius 1 is 1.28 bits per heavy atom. The lowest BCUT2D eigenvalue weighted by molar-refractivity contribution is -0.0806. The third kappa shape index (κ3) is 2.85. The van der Waals surface area contributed by atoms with E-state index in [0.717, 1.165) is 12.3 Å². The van der Waals surface area contributed by atoms with Crippen LogP contribution in [0.25, 0.3) is 0 Å². The molecule has 1 aliphatic rings. The summed E-state index contributed by atoms with van der Waals surface area (Å²) in [6, 6.07) is 8.50. The minimum atomic E-state index is 0.122. The van der Waals surface area contributed by atoms with Crippen LogP contribution in [0.15, 0.2) is 24.3 Å². The highest BCUT2D eigenvalue weighted by Gasteiger charge is 2.30. The number of rotatable bonds is 3. The van der Waals surface area contributed by atoms with Crippen LogP contribution in [0.1, 0.15) is 32.4 Å². The highest BCUT2D eigenvalue weighted by Crippen LogP contribution is 2.29. The first-order valence-corrected chi connectivity index (χ1v) is 6.64. The van der Waals surface area contributed by atoms with Crippen LogP contribution in [0.5, 0.6) is 5.75 Å². The second-order valence-electron chi connectivity index (χ2n) is 5.31. The Balaban J connectivity index is 2.13. The molecule has 1 saturated heterocycles. The van der Waals surface area contributed by atoms with Crippen LogP contribution in [-0.4, -0.2) is 25.8 Å². The fourth-order valence-corrected chi connectivity index (χ4v) is 2.32. The van der Waals surface area contributed by atoms with E-state index in [1.54, 1.807) is 7.11 Å². The third-order valence-electron chi connectivity index (χ3n) is 3.60. The van der Waals surface area contributed by atoms with Gasteiger partial charge in [0.25, 0.3) is 0 Å². The molecule has 3 nitrogen and oxygen atoms in total. The van der Waals surface area contributed by atoms with Gasteiger partial charge in [0.1, 0.15) is 5.75 Å². The van der Waals surface area contributed by atoms with Gasteiger partial charge in [-0.2, -0.15) is 0 Å². The van der Waals surface area contributed by atoms with Gasteiger partial charge in [0.2, 0.25) is 0 Å². The second-order valence-corrected chi connectivity index (χ2v) is 5.31. The zero-order valence-electron chi connectivity index (χ0n) is 11.6.